The van der Waals surface area contributed by atoms with Crippen LogP contribution < -0.4 is 16.1 Å². The number of carbonyl (C=O) groups is 2. The molecule has 1 heterocycles. The zero-order valence-corrected chi connectivity index (χ0v) is 18.9. The molecule has 5 saturated carbocycles. The number of alkyl halides is 2. The Kier molecular flexibility index (Phi) is 5.72. The van der Waals surface area contributed by atoms with Crippen LogP contribution in [0.4, 0.5) is 4.39 Å². The average Bonchev–Trinajstić information content (AvgIpc) is 3.02. The van der Waals surface area contributed by atoms with Crippen molar-refractivity contribution in [3.05, 3.63) is 0 Å². The number of rotatable bonds is 6. The standard InChI is InChI=1S/C22H34ClFN4O3/c1-28-19(14-4-2-3-5-17(14)27-28)20(30)26-22-10-21(11-22,12-22)25-18(29)9-31-13-6-7-15(23)16(24)8-13/h13-17,19,27H,2-12H2,1H3,(H,25,29)(H,26,30). The molecule has 0 spiro atoms. The maximum Gasteiger partial charge on any atom is 0.246 e. The van der Waals surface area contributed by atoms with Crippen molar-refractivity contribution in [3.63, 3.8) is 0 Å². The summed E-state index contributed by atoms with van der Waals surface area (Å²) >= 11 is 5.90. The van der Waals surface area contributed by atoms with Gasteiger partial charge in [-0.3, -0.25) is 15.0 Å². The quantitative estimate of drug-likeness (QED) is 0.531. The Balaban J connectivity index is 1.05. The predicted octanol–water partition coefficient (Wildman–Crippen LogP) is 1.79. The monoisotopic (exact) mass is 456 g/mol. The van der Waals surface area contributed by atoms with E-state index in [9.17, 15) is 14.0 Å². The van der Waals surface area contributed by atoms with Gasteiger partial charge < -0.3 is 15.4 Å². The van der Waals surface area contributed by atoms with E-state index >= 15 is 0 Å². The van der Waals surface area contributed by atoms with Gasteiger partial charge >= 0.3 is 0 Å². The van der Waals surface area contributed by atoms with Gasteiger partial charge in [0.05, 0.1) is 11.5 Å². The molecule has 0 aromatic carbocycles. The van der Waals surface area contributed by atoms with Gasteiger partial charge in [-0.15, -0.1) is 11.6 Å². The first-order valence-corrected chi connectivity index (χ1v) is 12.2. The third kappa shape index (κ3) is 4.09. The Morgan fingerprint density at radius 2 is 1.84 bits per heavy atom. The van der Waals surface area contributed by atoms with Gasteiger partial charge in [0.2, 0.25) is 11.8 Å². The van der Waals surface area contributed by atoms with Crippen LogP contribution in [-0.2, 0) is 14.3 Å². The van der Waals surface area contributed by atoms with E-state index in [2.05, 4.69) is 16.1 Å². The second-order valence-electron chi connectivity index (χ2n) is 10.6. The molecule has 7 nitrogen and oxygen atoms in total. The minimum absolute atomic E-state index is 0.0486. The third-order valence-corrected chi connectivity index (χ3v) is 8.69. The van der Waals surface area contributed by atoms with Crippen molar-refractivity contribution in [2.24, 2.45) is 5.92 Å². The highest BCUT2D eigenvalue weighted by Crippen LogP contribution is 2.60. The molecule has 1 aliphatic heterocycles. The van der Waals surface area contributed by atoms with E-state index in [-0.39, 0.29) is 48.1 Å². The van der Waals surface area contributed by atoms with Crippen LogP contribution in [0.3, 0.4) is 0 Å². The molecule has 6 rings (SSSR count). The lowest BCUT2D eigenvalue weighted by Gasteiger charge is -2.70. The summed E-state index contributed by atoms with van der Waals surface area (Å²) in [7, 11) is 1.97. The Hall–Kier alpha value is -0.960. The van der Waals surface area contributed by atoms with E-state index in [0.29, 0.717) is 24.8 Å². The van der Waals surface area contributed by atoms with Crippen molar-refractivity contribution < 1.29 is 18.7 Å². The van der Waals surface area contributed by atoms with E-state index in [1.807, 2.05) is 12.1 Å². The highest BCUT2D eigenvalue weighted by atomic mass is 35.5. The largest absolute Gasteiger partial charge is 0.368 e. The summed E-state index contributed by atoms with van der Waals surface area (Å²) in [5.74, 6) is 0.338. The van der Waals surface area contributed by atoms with Crippen LogP contribution in [0.1, 0.15) is 64.2 Å². The van der Waals surface area contributed by atoms with Crippen LogP contribution in [0.5, 0.6) is 0 Å². The molecule has 3 N–H and O–H groups in total. The molecule has 174 valence electrons. The van der Waals surface area contributed by atoms with Crippen molar-refractivity contribution in [2.75, 3.05) is 13.7 Å². The maximum absolute atomic E-state index is 13.7. The smallest absolute Gasteiger partial charge is 0.246 e. The molecule has 2 amide bonds. The topological polar surface area (TPSA) is 82.7 Å². The normalized spacial score (nSPS) is 46.4. The number of ether oxygens (including phenoxy) is 1. The van der Waals surface area contributed by atoms with E-state index < -0.39 is 11.5 Å². The molecule has 31 heavy (non-hydrogen) atoms. The molecule has 0 radical (unpaired) electrons. The summed E-state index contributed by atoms with van der Waals surface area (Å²) in [5, 5.41) is 7.94. The van der Waals surface area contributed by atoms with Gasteiger partial charge in [0, 0.05) is 36.5 Å². The van der Waals surface area contributed by atoms with E-state index in [4.69, 9.17) is 16.3 Å². The molecule has 1 saturated heterocycles. The number of amides is 2. The first-order chi connectivity index (χ1) is 14.8. The van der Waals surface area contributed by atoms with Gasteiger partial charge in [0.25, 0.3) is 0 Å². The predicted molar refractivity (Wildman–Crippen MR) is 114 cm³/mol. The molecular weight excluding hydrogens is 423 g/mol. The van der Waals surface area contributed by atoms with Crippen molar-refractivity contribution in [3.8, 4) is 0 Å². The number of nitrogens with one attached hydrogen (secondary N) is 3. The zero-order chi connectivity index (χ0) is 21.8. The SMILES string of the molecule is CN1NC2CCCCC2C1C(=O)NC12CC(NC(=O)COC3CCC(Cl)C(F)C3)(C1)C2. The first-order valence-electron chi connectivity index (χ1n) is 11.8. The number of hydrogen-bond donors (Lipinski definition) is 3. The molecule has 6 aliphatic rings. The lowest BCUT2D eigenvalue weighted by Crippen LogP contribution is -2.84. The van der Waals surface area contributed by atoms with E-state index in [1.165, 1.54) is 12.8 Å². The minimum atomic E-state index is -1.07. The van der Waals surface area contributed by atoms with Crippen LogP contribution in [0.2, 0.25) is 0 Å². The third-order valence-electron chi connectivity index (χ3n) is 8.20. The van der Waals surface area contributed by atoms with Crippen molar-refractivity contribution >= 4 is 23.4 Å². The summed E-state index contributed by atoms with van der Waals surface area (Å²) < 4.78 is 19.3. The van der Waals surface area contributed by atoms with Crippen molar-refractivity contribution in [1.82, 2.24) is 21.1 Å². The molecule has 5 aliphatic carbocycles. The molecule has 6 atom stereocenters. The second kappa shape index (κ2) is 8.12. The molecule has 0 aromatic rings. The highest BCUT2D eigenvalue weighted by molar-refractivity contribution is 6.21. The molecule has 0 aromatic heterocycles. The second-order valence-corrected chi connectivity index (χ2v) is 11.2. The summed E-state index contributed by atoms with van der Waals surface area (Å²) in [6.07, 6.45) is 7.21. The van der Waals surface area contributed by atoms with Gasteiger partial charge in [-0.05, 0) is 44.9 Å². The maximum atomic E-state index is 13.7. The van der Waals surface area contributed by atoms with Crippen molar-refractivity contribution in [2.45, 2.75) is 105 Å². The summed E-state index contributed by atoms with van der Waals surface area (Å²) in [6, 6.07) is 0.306. The van der Waals surface area contributed by atoms with Crippen LogP contribution in [-0.4, -0.2) is 71.3 Å². The number of likely N-dealkylation sites (N-methyl/N-ethyl adjacent to an activating group) is 1. The fourth-order valence-corrected chi connectivity index (χ4v) is 7.03. The molecular formula is C22H34ClFN4O3. The van der Waals surface area contributed by atoms with Gasteiger partial charge in [0.1, 0.15) is 18.8 Å². The zero-order valence-electron chi connectivity index (χ0n) is 18.2. The average molecular weight is 457 g/mol. The molecule has 6 fully saturated rings. The fraction of sp³-hybridized carbons (Fsp3) is 0.909. The van der Waals surface area contributed by atoms with Crippen molar-refractivity contribution in [1.29, 1.82) is 0 Å². The summed E-state index contributed by atoms with van der Waals surface area (Å²) in [6.45, 7) is -0.0486. The molecule has 6 unspecified atom stereocenters. The number of hydrogen-bond acceptors (Lipinski definition) is 5. The Bertz CT molecular complexity index is 720. The Labute approximate surface area is 188 Å². The molecule has 2 bridgehead atoms. The van der Waals surface area contributed by atoms with E-state index in [0.717, 1.165) is 32.1 Å². The van der Waals surface area contributed by atoms with Crippen LogP contribution in [0.15, 0.2) is 0 Å². The first kappa shape index (κ1) is 21.9. The number of nitrogens with zero attached hydrogens (tertiary/aromatic N) is 1. The fourth-order valence-electron chi connectivity index (χ4n) is 6.80. The van der Waals surface area contributed by atoms with E-state index in [1.54, 1.807) is 0 Å². The van der Waals surface area contributed by atoms with Gasteiger partial charge in [-0.2, -0.15) is 0 Å². The molecule has 9 heteroatoms. The number of halogens is 2. The number of fused-ring (bicyclic) bond motifs is 1. The Morgan fingerprint density at radius 1 is 1.13 bits per heavy atom. The lowest BCUT2D eigenvalue weighted by molar-refractivity contribution is -0.155. The van der Waals surface area contributed by atoms with Gasteiger partial charge in [0.15, 0.2) is 0 Å². The lowest BCUT2D eigenvalue weighted by atomic mass is 9.44. The summed E-state index contributed by atoms with van der Waals surface area (Å²) in [4.78, 5) is 25.4. The van der Waals surface area contributed by atoms with Gasteiger partial charge in [-0.1, -0.05) is 12.8 Å². The summed E-state index contributed by atoms with van der Waals surface area (Å²) in [5.41, 5.74) is 3.09. The van der Waals surface area contributed by atoms with Crippen LogP contribution in [0.25, 0.3) is 0 Å². The highest BCUT2D eigenvalue weighted by Gasteiger charge is 2.69. The minimum Gasteiger partial charge on any atom is -0.368 e. The Morgan fingerprint density at radius 3 is 2.58 bits per heavy atom. The van der Waals surface area contributed by atoms with Gasteiger partial charge in [-0.25, -0.2) is 9.40 Å². The van der Waals surface area contributed by atoms with Crippen LogP contribution in [0, 0.1) is 5.92 Å². The number of hydrazine groups is 1. The number of carbonyl (C=O) groups excluding carboxylic acids is 2. The van der Waals surface area contributed by atoms with Crippen LogP contribution >= 0.6 is 11.6 Å².